The van der Waals surface area contributed by atoms with Gasteiger partial charge in [-0.05, 0) is 0 Å². The van der Waals surface area contributed by atoms with Crippen LogP contribution < -0.4 is 11.3 Å². The molecule has 0 amide bonds. The minimum Gasteiger partial charge on any atom is -0.545 e. The molecule has 6 nitrogen and oxygen atoms in total. The molecular weight excluding hydrogens is 224 g/mol. The molecule has 1 aromatic carbocycles. The predicted octanol–water partition coefficient (Wildman–Crippen LogP) is 2.14. The third-order valence-electron chi connectivity index (χ3n) is 1.79. The van der Waals surface area contributed by atoms with Crippen LogP contribution in [0.5, 0.6) is 0 Å². The number of unbranched alkanes of at least 4 members (excludes halogenated alkanes) is 1. The van der Waals surface area contributed by atoms with Gasteiger partial charge in [0.05, 0.1) is 10.9 Å². The number of hydrogen-bond acceptors (Lipinski definition) is 4. The van der Waals surface area contributed by atoms with Gasteiger partial charge in [-0.1, -0.05) is 38.8 Å². The number of nitrogens with zero attached hydrogens (tertiary/aromatic N) is 1. The highest BCUT2D eigenvalue weighted by molar-refractivity contribution is 5.86. The van der Waals surface area contributed by atoms with Crippen LogP contribution in [0.2, 0.25) is 0 Å². The molecule has 0 unspecified atom stereocenters. The summed E-state index contributed by atoms with van der Waals surface area (Å²) >= 11 is 0. The van der Waals surface area contributed by atoms with E-state index in [4.69, 9.17) is 0 Å². The van der Waals surface area contributed by atoms with Crippen LogP contribution in [0.25, 0.3) is 0 Å². The zero-order valence-electron chi connectivity index (χ0n) is 10.3. The zero-order valence-corrected chi connectivity index (χ0v) is 10.3. The summed E-state index contributed by atoms with van der Waals surface area (Å²) in [5, 5.41) is 20.4. The van der Waals surface area contributed by atoms with Gasteiger partial charge in [-0.25, -0.2) is 0 Å². The summed E-state index contributed by atoms with van der Waals surface area (Å²) in [6, 6.07) is 4.70. The quantitative estimate of drug-likeness (QED) is 0.644. The Kier molecular flexibility index (Phi) is 9.53. The minimum atomic E-state index is -1.42. The van der Waals surface area contributed by atoms with Crippen LogP contribution in [0.3, 0.4) is 0 Å². The maximum atomic E-state index is 10.2. The molecule has 0 spiro atoms. The molecule has 96 valence electrons. The van der Waals surface area contributed by atoms with Gasteiger partial charge in [-0.2, -0.15) is 0 Å². The standard InChI is InChI=1S/C7H5NO4.C4H10.H3N/c9-7(10)5-2-1-3-6(4-5)8(11)12;1-3-4-2;/h1-4H,(H,9,10);3-4H2,1-2H3;1H3. The second kappa shape index (κ2) is 9.29. The Hall–Kier alpha value is -1.95. The molecule has 0 aliphatic heterocycles. The molecule has 1 aromatic rings. The van der Waals surface area contributed by atoms with Crippen molar-refractivity contribution in [1.82, 2.24) is 6.15 Å². The Morgan fingerprint density at radius 1 is 1.29 bits per heavy atom. The zero-order chi connectivity index (χ0) is 12.6. The number of nitro benzene ring substituents is 1. The lowest BCUT2D eigenvalue weighted by Gasteiger charge is -1.99. The number of carbonyl (C=O) groups is 1. The lowest BCUT2D eigenvalue weighted by atomic mass is 10.2. The summed E-state index contributed by atoms with van der Waals surface area (Å²) in [5.74, 6) is -1.42. The van der Waals surface area contributed by atoms with Crippen molar-refractivity contribution in [3.63, 3.8) is 0 Å². The van der Waals surface area contributed by atoms with Gasteiger partial charge >= 0.3 is 0 Å². The van der Waals surface area contributed by atoms with E-state index < -0.39 is 10.9 Å². The Bertz CT molecular complexity index is 335. The Balaban J connectivity index is 0. The molecular formula is C11H18N2O4. The van der Waals surface area contributed by atoms with E-state index in [2.05, 4.69) is 13.8 Å². The van der Waals surface area contributed by atoms with Gasteiger partial charge in [-0.15, -0.1) is 0 Å². The molecule has 0 aliphatic rings. The number of aromatic carboxylic acids is 1. The SMILES string of the molecule is CCCC.O=C([O-])c1cccc([N+](=O)[O-])c1.[NH4+]. The van der Waals surface area contributed by atoms with Gasteiger partial charge in [0.2, 0.25) is 0 Å². The van der Waals surface area contributed by atoms with Crippen molar-refractivity contribution in [3.05, 3.63) is 39.9 Å². The van der Waals surface area contributed by atoms with Gasteiger partial charge < -0.3 is 16.1 Å². The van der Waals surface area contributed by atoms with Gasteiger partial charge in [0.1, 0.15) is 0 Å². The van der Waals surface area contributed by atoms with Crippen molar-refractivity contribution in [2.24, 2.45) is 0 Å². The molecule has 0 heterocycles. The number of carboxylic acids is 1. The molecule has 6 heteroatoms. The average Bonchev–Trinajstić information content (AvgIpc) is 2.29. The maximum Gasteiger partial charge on any atom is 0.270 e. The largest absolute Gasteiger partial charge is 0.545 e. The second-order valence-corrected chi connectivity index (χ2v) is 3.09. The molecule has 0 radical (unpaired) electrons. The summed E-state index contributed by atoms with van der Waals surface area (Å²) in [5.41, 5.74) is -0.444. The first kappa shape index (κ1) is 17.4. The highest BCUT2D eigenvalue weighted by Gasteiger charge is 2.04. The summed E-state index contributed by atoms with van der Waals surface area (Å²) < 4.78 is 0. The summed E-state index contributed by atoms with van der Waals surface area (Å²) in [7, 11) is 0. The molecule has 0 saturated carbocycles. The van der Waals surface area contributed by atoms with E-state index in [-0.39, 0.29) is 17.4 Å². The van der Waals surface area contributed by atoms with Gasteiger partial charge in [-0.3, -0.25) is 10.1 Å². The minimum absolute atomic E-state index is 0. The van der Waals surface area contributed by atoms with Crippen molar-refractivity contribution >= 4 is 11.7 Å². The topological polar surface area (TPSA) is 120 Å². The number of carboxylic acid groups (broad SMARTS) is 1. The third kappa shape index (κ3) is 7.02. The first-order valence-electron chi connectivity index (χ1n) is 4.98. The average molecular weight is 242 g/mol. The Morgan fingerprint density at radius 2 is 1.82 bits per heavy atom. The molecule has 0 atom stereocenters. The number of rotatable bonds is 3. The molecule has 0 saturated heterocycles. The van der Waals surface area contributed by atoms with Crippen molar-refractivity contribution in [1.29, 1.82) is 0 Å². The van der Waals surface area contributed by atoms with Crippen molar-refractivity contribution in [2.45, 2.75) is 26.7 Å². The van der Waals surface area contributed by atoms with Crippen LogP contribution in [0, 0.1) is 10.1 Å². The van der Waals surface area contributed by atoms with Gasteiger partial charge in [0.25, 0.3) is 5.69 Å². The van der Waals surface area contributed by atoms with Gasteiger partial charge in [0, 0.05) is 17.7 Å². The monoisotopic (exact) mass is 242 g/mol. The predicted molar refractivity (Wildman–Crippen MR) is 64.0 cm³/mol. The van der Waals surface area contributed by atoms with Crippen molar-refractivity contribution in [3.8, 4) is 0 Å². The second-order valence-electron chi connectivity index (χ2n) is 3.09. The number of hydrogen-bond donors (Lipinski definition) is 1. The van der Waals surface area contributed by atoms with Crippen molar-refractivity contribution < 1.29 is 14.8 Å². The van der Waals surface area contributed by atoms with E-state index in [0.29, 0.717) is 0 Å². The van der Waals surface area contributed by atoms with Crippen LogP contribution in [-0.2, 0) is 0 Å². The summed E-state index contributed by atoms with van der Waals surface area (Å²) in [6.45, 7) is 4.36. The maximum absolute atomic E-state index is 10.2. The molecule has 4 N–H and O–H groups in total. The highest BCUT2D eigenvalue weighted by atomic mass is 16.6. The first-order valence-corrected chi connectivity index (χ1v) is 4.98. The van der Waals surface area contributed by atoms with Crippen LogP contribution in [0.4, 0.5) is 5.69 Å². The fourth-order valence-corrected chi connectivity index (χ4v) is 0.746. The fraction of sp³-hybridized carbons (Fsp3) is 0.364. The number of carbonyl (C=O) groups excluding carboxylic acids is 1. The molecule has 0 aromatic heterocycles. The van der Waals surface area contributed by atoms with Crippen molar-refractivity contribution in [2.75, 3.05) is 0 Å². The van der Waals surface area contributed by atoms with Crippen LogP contribution in [-0.4, -0.2) is 10.9 Å². The fourth-order valence-electron chi connectivity index (χ4n) is 0.746. The molecule has 17 heavy (non-hydrogen) atoms. The Labute approximate surface area is 100 Å². The van der Waals surface area contributed by atoms with E-state index >= 15 is 0 Å². The smallest absolute Gasteiger partial charge is 0.270 e. The molecule has 0 fully saturated rings. The van der Waals surface area contributed by atoms with Crippen LogP contribution in [0.1, 0.15) is 37.0 Å². The summed E-state index contributed by atoms with van der Waals surface area (Å²) in [6.07, 6.45) is 2.64. The lowest BCUT2D eigenvalue weighted by molar-refractivity contribution is -0.385. The molecule has 0 aliphatic carbocycles. The van der Waals surface area contributed by atoms with E-state index in [0.717, 1.165) is 6.07 Å². The van der Waals surface area contributed by atoms with E-state index in [1.54, 1.807) is 0 Å². The van der Waals surface area contributed by atoms with E-state index in [9.17, 15) is 20.0 Å². The number of benzene rings is 1. The number of nitro groups is 1. The molecule has 0 bridgehead atoms. The first-order chi connectivity index (χ1) is 7.52. The van der Waals surface area contributed by atoms with Crippen LogP contribution >= 0.6 is 0 Å². The van der Waals surface area contributed by atoms with E-state index in [1.165, 1.54) is 31.0 Å². The molecule has 1 rings (SSSR count). The number of quaternary nitrogens is 1. The Morgan fingerprint density at radius 3 is 2.18 bits per heavy atom. The van der Waals surface area contributed by atoms with Gasteiger partial charge in [0.15, 0.2) is 0 Å². The summed E-state index contributed by atoms with van der Waals surface area (Å²) in [4.78, 5) is 19.7. The van der Waals surface area contributed by atoms with E-state index in [1.807, 2.05) is 0 Å². The normalized spacial score (nSPS) is 8.35. The number of non-ortho nitro benzene ring substituents is 1. The lowest BCUT2D eigenvalue weighted by Crippen LogP contribution is -2.22. The van der Waals surface area contributed by atoms with Crippen LogP contribution in [0.15, 0.2) is 24.3 Å². The highest BCUT2D eigenvalue weighted by Crippen LogP contribution is 2.11. The third-order valence-corrected chi connectivity index (χ3v) is 1.79.